The first-order valence-electron chi connectivity index (χ1n) is 4.99. The molecule has 0 unspecified atom stereocenters. The Hall–Kier alpha value is -1.98. The minimum Gasteiger partial charge on any atom is -0.338 e. The van der Waals surface area contributed by atoms with Crippen molar-refractivity contribution in [1.29, 1.82) is 0 Å². The van der Waals surface area contributed by atoms with Gasteiger partial charge < -0.3 is 4.90 Å². The van der Waals surface area contributed by atoms with Crippen molar-refractivity contribution in [2.24, 2.45) is 0 Å². The summed E-state index contributed by atoms with van der Waals surface area (Å²) >= 11 is 0. The maximum absolute atomic E-state index is 11.8. The Bertz CT molecular complexity index is 385. The summed E-state index contributed by atoms with van der Waals surface area (Å²) < 4.78 is 0. The van der Waals surface area contributed by atoms with Gasteiger partial charge in [0.2, 0.25) is 0 Å². The molecule has 1 aromatic rings. The molecule has 0 aliphatic rings. The topological polar surface area (TPSA) is 76.3 Å². The quantitative estimate of drug-likeness (QED) is 0.572. The number of nitro groups is 1. The molecule has 1 amide bonds. The van der Waals surface area contributed by atoms with E-state index in [-0.39, 0.29) is 17.3 Å². The van der Waals surface area contributed by atoms with Crippen LogP contribution in [-0.2, 0) is 0 Å². The first-order valence-corrected chi connectivity index (χ1v) is 4.99. The minimum absolute atomic E-state index is 0.115. The summed E-state index contributed by atoms with van der Waals surface area (Å²) in [7, 11) is 0. The fraction of sp³-hybridized carbons (Fsp3) is 0.400. The van der Waals surface area contributed by atoms with Crippen molar-refractivity contribution < 1.29 is 9.72 Å². The van der Waals surface area contributed by atoms with Crippen LogP contribution in [-0.4, -0.2) is 33.8 Å². The van der Waals surface area contributed by atoms with E-state index in [1.165, 1.54) is 12.1 Å². The van der Waals surface area contributed by atoms with Crippen molar-refractivity contribution >= 4 is 11.6 Å². The van der Waals surface area contributed by atoms with Gasteiger partial charge in [-0.05, 0) is 19.9 Å². The van der Waals surface area contributed by atoms with Crippen LogP contribution >= 0.6 is 0 Å². The van der Waals surface area contributed by atoms with Crippen molar-refractivity contribution in [3.8, 4) is 0 Å². The molecule has 1 rings (SSSR count). The van der Waals surface area contributed by atoms with Gasteiger partial charge in [0.25, 0.3) is 11.6 Å². The molecule has 86 valence electrons. The van der Waals surface area contributed by atoms with Gasteiger partial charge in [-0.2, -0.15) is 0 Å². The Labute approximate surface area is 93.1 Å². The van der Waals surface area contributed by atoms with Gasteiger partial charge in [0.1, 0.15) is 11.9 Å². The second-order valence-electron chi connectivity index (χ2n) is 3.14. The highest BCUT2D eigenvalue weighted by molar-refractivity contribution is 5.92. The lowest BCUT2D eigenvalue weighted by Gasteiger charge is -2.17. The molecule has 16 heavy (non-hydrogen) atoms. The molecule has 1 heterocycles. The highest BCUT2D eigenvalue weighted by Crippen LogP contribution is 2.10. The van der Waals surface area contributed by atoms with Gasteiger partial charge in [0.15, 0.2) is 0 Å². The zero-order chi connectivity index (χ0) is 12.1. The van der Waals surface area contributed by atoms with E-state index in [4.69, 9.17) is 0 Å². The number of pyridine rings is 1. The molecule has 0 N–H and O–H groups in total. The molecule has 0 aliphatic heterocycles. The maximum Gasteiger partial charge on any atom is 0.287 e. The largest absolute Gasteiger partial charge is 0.338 e. The summed E-state index contributed by atoms with van der Waals surface area (Å²) in [6, 6.07) is 2.66. The standard InChI is InChI=1S/C10H13N3O3/c1-3-12(4-2)10(14)9-6-5-8(7-11-9)13(15)16/h5-7H,3-4H2,1-2H3. The Kier molecular flexibility index (Phi) is 3.93. The lowest BCUT2D eigenvalue weighted by Crippen LogP contribution is -2.31. The Morgan fingerprint density at radius 2 is 2.06 bits per heavy atom. The van der Waals surface area contributed by atoms with Gasteiger partial charge in [0.05, 0.1) is 4.92 Å². The van der Waals surface area contributed by atoms with Crippen molar-refractivity contribution in [3.63, 3.8) is 0 Å². The molecule has 0 radical (unpaired) electrons. The van der Waals surface area contributed by atoms with Crippen LogP contribution in [0.2, 0.25) is 0 Å². The summed E-state index contributed by atoms with van der Waals surface area (Å²) in [5.41, 5.74) is 0.116. The van der Waals surface area contributed by atoms with Crippen molar-refractivity contribution in [1.82, 2.24) is 9.88 Å². The number of rotatable bonds is 4. The van der Waals surface area contributed by atoms with Crippen LogP contribution in [0.25, 0.3) is 0 Å². The summed E-state index contributed by atoms with van der Waals surface area (Å²) in [5.74, 6) is -0.208. The molecule has 0 fully saturated rings. The molecule has 0 aliphatic carbocycles. The molecular weight excluding hydrogens is 210 g/mol. The van der Waals surface area contributed by atoms with E-state index in [0.717, 1.165) is 6.20 Å². The summed E-state index contributed by atoms with van der Waals surface area (Å²) in [5, 5.41) is 10.4. The van der Waals surface area contributed by atoms with Gasteiger partial charge in [0, 0.05) is 19.2 Å². The number of hydrogen-bond donors (Lipinski definition) is 0. The highest BCUT2D eigenvalue weighted by Gasteiger charge is 2.15. The number of hydrogen-bond acceptors (Lipinski definition) is 4. The summed E-state index contributed by atoms with van der Waals surface area (Å²) in [4.78, 5) is 27.0. The van der Waals surface area contributed by atoms with Gasteiger partial charge in [-0.1, -0.05) is 0 Å². The van der Waals surface area contributed by atoms with Crippen LogP contribution in [0.3, 0.4) is 0 Å². The van der Waals surface area contributed by atoms with Crippen molar-refractivity contribution in [2.75, 3.05) is 13.1 Å². The fourth-order valence-electron chi connectivity index (χ4n) is 1.29. The zero-order valence-corrected chi connectivity index (χ0v) is 9.21. The van der Waals surface area contributed by atoms with E-state index >= 15 is 0 Å². The fourth-order valence-corrected chi connectivity index (χ4v) is 1.29. The SMILES string of the molecule is CCN(CC)C(=O)c1ccc([N+](=O)[O-])cn1. The molecule has 0 atom stereocenters. The normalized spacial score (nSPS) is 9.88. The zero-order valence-electron chi connectivity index (χ0n) is 9.21. The summed E-state index contributed by atoms with van der Waals surface area (Å²) in [6.07, 6.45) is 1.09. The molecule has 0 bridgehead atoms. The monoisotopic (exact) mass is 223 g/mol. The van der Waals surface area contributed by atoms with E-state index < -0.39 is 4.92 Å². The average molecular weight is 223 g/mol. The predicted octanol–water partition coefficient (Wildman–Crippen LogP) is 1.47. The molecular formula is C10H13N3O3. The van der Waals surface area contributed by atoms with Crippen LogP contribution in [0, 0.1) is 10.1 Å². The lowest BCUT2D eigenvalue weighted by atomic mass is 10.3. The van der Waals surface area contributed by atoms with Crippen LogP contribution in [0.1, 0.15) is 24.3 Å². The van der Waals surface area contributed by atoms with Gasteiger partial charge in [-0.3, -0.25) is 14.9 Å². The maximum atomic E-state index is 11.8. The van der Waals surface area contributed by atoms with E-state index in [0.29, 0.717) is 13.1 Å². The number of amides is 1. The van der Waals surface area contributed by atoms with Crippen molar-refractivity contribution in [2.45, 2.75) is 13.8 Å². The van der Waals surface area contributed by atoms with Crippen LogP contribution in [0.5, 0.6) is 0 Å². The average Bonchev–Trinajstić information content (AvgIpc) is 2.30. The molecule has 6 heteroatoms. The lowest BCUT2D eigenvalue weighted by molar-refractivity contribution is -0.385. The third kappa shape index (κ3) is 2.53. The number of nitrogens with zero attached hydrogens (tertiary/aromatic N) is 3. The number of carbonyl (C=O) groups is 1. The Morgan fingerprint density at radius 1 is 1.44 bits per heavy atom. The molecule has 6 nitrogen and oxygen atoms in total. The van der Waals surface area contributed by atoms with E-state index in [2.05, 4.69) is 4.98 Å². The third-order valence-electron chi connectivity index (χ3n) is 2.23. The minimum atomic E-state index is -0.543. The first kappa shape index (κ1) is 12.1. The first-order chi connectivity index (χ1) is 7.60. The third-order valence-corrected chi connectivity index (χ3v) is 2.23. The Morgan fingerprint density at radius 3 is 2.44 bits per heavy atom. The van der Waals surface area contributed by atoms with E-state index in [1.54, 1.807) is 4.90 Å². The van der Waals surface area contributed by atoms with Gasteiger partial charge >= 0.3 is 0 Å². The van der Waals surface area contributed by atoms with Gasteiger partial charge in [-0.25, -0.2) is 4.98 Å². The second kappa shape index (κ2) is 5.20. The predicted molar refractivity (Wildman–Crippen MR) is 58.1 cm³/mol. The second-order valence-corrected chi connectivity index (χ2v) is 3.14. The molecule has 0 saturated carbocycles. The molecule has 1 aromatic heterocycles. The molecule has 0 saturated heterocycles. The van der Waals surface area contributed by atoms with Crippen molar-refractivity contribution in [3.05, 3.63) is 34.1 Å². The van der Waals surface area contributed by atoms with E-state index in [9.17, 15) is 14.9 Å². The number of aromatic nitrogens is 1. The Balaban J connectivity index is 2.89. The van der Waals surface area contributed by atoms with Crippen LogP contribution in [0.15, 0.2) is 18.3 Å². The van der Waals surface area contributed by atoms with Gasteiger partial charge in [-0.15, -0.1) is 0 Å². The van der Waals surface area contributed by atoms with Crippen LogP contribution < -0.4 is 0 Å². The molecule has 0 aromatic carbocycles. The van der Waals surface area contributed by atoms with Crippen LogP contribution in [0.4, 0.5) is 5.69 Å². The van der Waals surface area contributed by atoms with E-state index in [1.807, 2.05) is 13.8 Å². The summed E-state index contributed by atoms with van der Waals surface area (Å²) in [6.45, 7) is 4.92. The molecule has 0 spiro atoms. The highest BCUT2D eigenvalue weighted by atomic mass is 16.6. The smallest absolute Gasteiger partial charge is 0.287 e. The number of carbonyl (C=O) groups excluding carboxylic acids is 1.